The van der Waals surface area contributed by atoms with Gasteiger partial charge in [0.2, 0.25) is 0 Å². The van der Waals surface area contributed by atoms with Gasteiger partial charge in [-0.05, 0) is 24.8 Å². The van der Waals surface area contributed by atoms with Gasteiger partial charge in [-0.25, -0.2) is 4.98 Å². The number of nitrogens with two attached hydrogens (primary N) is 1. The molecule has 1 aliphatic carbocycles. The van der Waals surface area contributed by atoms with Crippen molar-refractivity contribution in [3.05, 3.63) is 17.4 Å². The van der Waals surface area contributed by atoms with Crippen molar-refractivity contribution in [3.63, 3.8) is 0 Å². The van der Waals surface area contributed by atoms with Crippen molar-refractivity contribution in [1.29, 1.82) is 10.8 Å². The Balaban J connectivity index is 1.76. The monoisotopic (exact) mass is 404 g/mol. The molecule has 28 heavy (non-hydrogen) atoms. The number of ether oxygens (including phenoxy) is 1. The second-order valence-corrected chi connectivity index (χ2v) is 15.1. The summed E-state index contributed by atoms with van der Waals surface area (Å²) in [5.74, 6) is 1.94. The molecule has 0 saturated heterocycles. The summed E-state index contributed by atoms with van der Waals surface area (Å²) < 4.78 is 7.74. The molecule has 1 aromatic rings. The third-order valence-electron chi connectivity index (χ3n) is 6.09. The van der Waals surface area contributed by atoms with Crippen LogP contribution >= 0.6 is 0 Å². The normalized spacial score (nSPS) is 24.6. The van der Waals surface area contributed by atoms with Crippen molar-refractivity contribution in [3.8, 4) is 0 Å². The molecule has 7 nitrogen and oxygen atoms in total. The summed E-state index contributed by atoms with van der Waals surface area (Å²) in [6.07, 6.45) is 5.21. The molecule has 4 N–H and O–H groups in total. The lowest BCUT2D eigenvalue weighted by Crippen LogP contribution is -2.36. The van der Waals surface area contributed by atoms with Gasteiger partial charge in [0.05, 0.1) is 11.9 Å². The maximum atomic E-state index is 8.88. The van der Waals surface area contributed by atoms with Gasteiger partial charge in [-0.15, -0.1) is 0 Å². The number of nitrogens with zero attached hydrogens (tertiary/aromatic N) is 3. The van der Waals surface area contributed by atoms with Crippen molar-refractivity contribution in [2.24, 2.45) is 17.6 Å². The van der Waals surface area contributed by atoms with Crippen LogP contribution in [0.5, 0.6) is 0 Å². The van der Waals surface area contributed by atoms with Crippen LogP contribution in [0.25, 0.3) is 0 Å². The minimum absolute atomic E-state index is 0.127. The smallest absolute Gasteiger partial charge is 0.150 e. The van der Waals surface area contributed by atoms with E-state index < -0.39 is 8.07 Å². The Morgan fingerprint density at radius 1 is 1.36 bits per heavy atom. The number of fused-ring (bicyclic) bond motifs is 1. The van der Waals surface area contributed by atoms with E-state index in [0.29, 0.717) is 24.0 Å². The molecule has 3 rings (SSSR count). The molecule has 8 heteroatoms. The van der Waals surface area contributed by atoms with Crippen molar-refractivity contribution in [2.75, 3.05) is 24.8 Å². The molecule has 0 radical (unpaired) electrons. The Hall–Kier alpha value is -1.51. The molecule has 1 fully saturated rings. The molecule has 3 atom stereocenters. The van der Waals surface area contributed by atoms with Gasteiger partial charge in [-0.2, -0.15) is 0 Å². The highest BCUT2D eigenvalue weighted by molar-refractivity contribution is 6.76. The fourth-order valence-electron chi connectivity index (χ4n) is 4.41. The Labute approximate surface area is 169 Å². The molecular formula is C20H36N6OSi. The number of aromatic nitrogens is 2. The Morgan fingerprint density at radius 2 is 2.11 bits per heavy atom. The standard InChI is InChI=1S/C20H36N6OSi/c1-5-14-10-15(21)11-16(14)19(23)26-17-6-7-25(20(17)24-12-18(26)22)13-27-8-9-28(2,3)4/h12,14-16,22-23H,5-11,13,21H2,1-4H3. The van der Waals surface area contributed by atoms with Gasteiger partial charge in [0.1, 0.15) is 18.1 Å². The van der Waals surface area contributed by atoms with Crippen LogP contribution in [0.4, 0.5) is 5.82 Å². The van der Waals surface area contributed by atoms with Gasteiger partial charge < -0.3 is 15.4 Å². The van der Waals surface area contributed by atoms with E-state index in [9.17, 15) is 0 Å². The van der Waals surface area contributed by atoms with Crippen LogP contribution in [0.3, 0.4) is 0 Å². The fourth-order valence-corrected chi connectivity index (χ4v) is 5.17. The quantitative estimate of drug-likeness (QED) is 0.281. The van der Waals surface area contributed by atoms with E-state index in [2.05, 4.69) is 36.4 Å². The van der Waals surface area contributed by atoms with Crippen LogP contribution in [0, 0.1) is 22.7 Å². The van der Waals surface area contributed by atoms with Gasteiger partial charge >= 0.3 is 0 Å². The molecule has 1 aromatic heterocycles. The summed E-state index contributed by atoms with van der Waals surface area (Å²) >= 11 is 0. The van der Waals surface area contributed by atoms with Crippen LogP contribution in [-0.2, 0) is 11.2 Å². The number of hydrogen-bond donors (Lipinski definition) is 3. The molecule has 156 valence electrons. The number of anilines is 1. The van der Waals surface area contributed by atoms with Crippen LogP contribution in [0.1, 0.15) is 31.9 Å². The number of hydrogen-bond acceptors (Lipinski definition) is 6. The maximum absolute atomic E-state index is 8.88. The lowest BCUT2D eigenvalue weighted by molar-refractivity contribution is 0.147. The fraction of sp³-hybridized carbons (Fsp3) is 0.750. The number of rotatable bonds is 7. The van der Waals surface area contributed by atoms with Crippen LogP contribution in [-0.4, -0.2) is 49.4 Å². The molecule has 1 saturated carbocycles. The zero-order chi connectivity index (χ0) is 20.5. The van der Waals surface area contributed by atoms with Gasteiger partial charge in [-0.3, -0.25) is 15.4 Å². The molecule has 0 bridgehead atoms. The highest BCUT2D eigenvalue weighted by Crippen LogP contribution is 2.35. The molecule has 2 aliphatic rings. The second kappa shape index (κ2) is 8.47. The highest BCUT2D eigenvalue weighted by Gasteiger charge is 2.36. The van der Waals surface area contributed by atoms with Crippen LogP contribution < -0.4 is 16.1 Å². The Bertz CT molecular complexity index is 771. The molecule has 0 aromatic carbocycles. The zero-order valence-electron chi connectivity index (χ0n) is 17.8. The van der Waals surface area contributed by atoms with E-state index in [1.807, 2.05) is 4.57 Å². The summed E-state index contributed by atoms with van der Waals surface area (Å²) in [4.78, 5) is 6.66. The molecule has 2 heterocycles. The first-order valence-electron chi connectivity index (χ1n) is 10.5. The van der Waals surface area contributed by atoms with Crippen LogP contribution in [0.15, 0.2) is 6.20 Å². The van der Waals surface area contributed by atoms with Gasteiger partial charge in [0.25, 0.3) is 0 Å². The largest absolute Gasteiger partial charge is 0.361 e. The predicted octanol–water partition coefficient (Wildman–Crippen LogP) is 2.63. The Kier molecular flexibility index (Phi) is 6.41. The maximum Gasteiger partial charge on any atom is 0.150 e. The van der Waals surface area contributed by atoms with E-state index >= 15 is 0 Å². The van der Waals surface area contributed by atoms with Gasteiger partial charge in [0.15, 0.2) is 5.82 Å². The van der Waals surface area contributed by atoms with Crippen molar-refractivity contribution >= 4 is 19.7 Å². The Morgan fingerprint density at radius 3 is 2.79 bits per heavy atom. The van der Waals surface area contributed by atoms with Crippen molar-refractivity contribution in [2.45, 2.75) is 64.3 Å². The van der Waals surface area contributed by atoms with E-state index in [4.69, 9.17) is 21.3 Å². The minimum atomic E-state index is -1.09. The topological polar surface area (TPSA) is 104 Å². The molecule has 0 spiro atoms. The van der Waals surface area contributed by atoms with E-state index in [-0.39, 0.29) is 12.0 Å². The zero-order valence-corrected chi connectivity index (χ0v) is 18.8. The molecule has 0 amide bonds. The van der Waals surface area contributed by atoms with E-state index in [1.165, 1.54) is 0 Å². The number of nitrogens with one attached hydrogen (secondary N) is 2. The summed E-state index contributed by atoms with van der Waals surface area (Å²) in [5.41, 5.74) is 7.46. The summed E-state index contributed by atoms with van der Waals surface area (Å²) in [6, 6.07) is 1.31. The SMILES string of the molecule is CCC1CC(N)CC1C(=N)n1c2c(ncc1=N)N(COCC[Si](C)(C)C)CC2. The average Bonchev–Trinajstić information content (AvgIpc) is 3.20. The average molecular weight is 405 g/mol. The van der Waals surface area contributed by atoms with Crippen molar-refractivity contribution in [1.82, 2.24) is 9.55 Å². The molecule has 3 unspecified atom stereocenters. The van der Waals surface area contributed by atoms with E-state index in [0.717, 1.165) is 56.4 Å². The first-order valence-corrected chi connectivity index (χ1v) is 14.2. The third-order valence-corrected chi connectivity index (χ3v) is 7.79. The summed E-state index contributed by atoms with van der Waals surface area (Å²) in [7, 11) is -1.09. The third kappa shape index (κ3) is 4.55. The predicted molar refractivity (Wildman–Crippen MR) is 116 cm³/mol. The second-order valence-electron chi connectivity index (χ2n) is 9.50. The first-order chi connectivity index (χ1) is 13.2. The van der Waals surface area contributed by atoms with Crippen molar-refractivity contribution < 1.29 is 4.74 Å². The first kappa shape index (κ1) is 21.2. The lowest BCUT2D eigenvalue weighted by Gasteiger charge is -2.23. The molecule has 1 aliphatic heterocycles. The lowest BCUT2D eigenvalue weighted by atomic mass is 9.92. The van der Waals surface area contributed by atoms with Crippen LogP contribution in [0.2, 0.25) is 25.7 Å². The minimum Gasteiger partial charge on any atom is -0.361 e. The summed E-state index contributed by atoms with van der Waals surface area (Å²) in [5, 5.41) is 17.3. The molecular weight excluding hydrogens is 368 g/mol. The van der Waals surface area contributed by atoms with Gasteiger partial charge in [0, 0.05) is 39.6 Å². The van der Waals surface area contributed by atoms with E-state index in [1.54, 1.807) is 6.20 Å². The highest BCUT2D eigenvalue weighted by atomic mass is 28.3. The summed E-state index contributed by atoms with van der Waals surface area (Å²) in [6.45, 7) is 11.4. The van der Waals surface area contributed by atoms with Gasteiger partial charge in [-0.1, -0.05) is 33.0 Å².